The molecule has 3 rings (SSSR count). The molecule has 20 heavy (non-hydrogen) atoms. The number of nitrogens with zero attached hydrogens (tertiary/aromatic N) is 5. The van der Waals surface area contributed by atoms with Gasteiger partial charge >= 0.3 is 0 Å². The van der Waals surface area contributed by atoms with Crippen molar-refractivity contribution in [2.75, 3.05) is 0 Å². The molecule has 0 atom stereocenters. The number of rotatable bonds is 3. The summed E-state index contributed by atoms with van der Waals surface area (Å²) in [5.41, 5.74) is 2.45. The minimum Gasteiger partial charge on any atom is -0.334 e. The lowest BCUT2D eigenvalue weighted by Crippen LogP contribution is -1.88. The molecule has 6 nitrogen and oxygen atoms in total. The average Bonchev–Trinajstić information content (AvgIpc) is 3.08. The average molecular weight is 265 g/mol. The Bertz CT molecular complexity index is 781. The predicted molar refractivity (Wildman–Crippen MR) is 71.3 cm³/mol. The number of hydrogen-bond acceptors (Lipinski definition) is 5. The Hall–Kier alpha value is -2.94. The van der Waals surface area contributed by atoms with E-state index in [1.807, 2.05) is 37.5 Å². The Balaban J connectivity index is 2.00. The molecule has 0 saturated heterocycles. The van der Waals surface area contributed by atoms with Crippen molar-refractivity contribution in [3.8, 4) is 28.9 Å². The van der Waals surface area contributed by atoms with Crippen LogP contribution in [-0.2, 0) is 13.5 Å². The fourth-order valence-electron chi connectivity index (χ4n) is 1.96. The lowest BCUT2D eigenvalue weighted by molar-refractivity contribution is 0.432. The van der Waals surface area contributed by atoms with Crippen molar-refractivity contribution in [1.82, 2.24) is 19.9 Å². The fourth-order valence-corrected chi connectivity index (χ4v) is 1.96. The van der Waals surface area contributed by atoms with Gasteiger partial charge in [-0.1, -0.05) is 23.4 Å². The van der Waals surface area contributed by atoms with Crippen LogP contribution in [0.2, 0.25) is 0 Å². The minimum absolute atomic E-state index is 0.306. The van der Waals surface area contributed by atoms with Crippen LogP contribution in [0.1, 0.15) is 5.56 Å². The van der Waals surface area contributed by atoms with E-state index in [-0.39, 0.29) is 0 Å². The van der Waals surface area contributed by atoms with Crippen molar-refractivity contribution in [3.63, 3.8) is 0 Å². The summed E-state index contributed by atoms with van der Waals surface area (Å²) in [5, 5.41) is 16.9. The van der Waals surface area contributed by atoms with Crippen LogP contribution in [0.25, 0.3) is 22.8 Å². The minimum atomic E-state index is 0.306. The summed E-state index contributed by atoms with van der Waals surface area (Å²) in [6.07, 6.45) is 3.80. The zero-order valence-corrected chi connectivity index (χ0v) is 10.8. The van der Waals surface area contributed by atoms with Crippen molar-refractivity contribution < 1.29 is 4.52 Å². The first-order valence-electron chi connectivity index (χ1n) is 6.06. The molecule has 2 heterocycles. The number of aryl methyl sites for hydroxylation is 1. The van der Waals surface area contributed by atoms with Gasteiger partial charge in [-0.3, -0.25) is 4.68 Å². The molecule has 1 aromatic carbocycles. The first-order valence-corrected chi connectivity index (χ1v) is 6.06. The number of aromatic nitrogens is 4. The summed E-state index contributed by atoms with van der Waals surface area (Å²) in [6, 6.07) is 9.65. The van der Waals surface area contributed by atoms with Gasteiger partial charge in [0.25, 0.3) is 5.89 Å². The van der Waals surface area contributed by atoms with Gasteiger partial charge in [-0.05, 0) is 11.6 Å². The van der Waals surface area contributed by atoms with E-state index in [2.05, 4.69) is 21.3 Å². The molecule has 0 unspecified atom stereocenters. The highest BCUT2D eigenvalue weighted by atomic mass is 16.5. The molecule has 0 radical (unpaired) electrons. The molecule has 0 fully saturated rings. The van der Waals surface area contributed by atoms with Gasteiger partial charge in [0.2, 0.25) is 5.82 Å². The van der Waals surface area contributed by atoms with Gasteiger partial charge in [0.1, 0.15) is 0 Å². The van der Waals surface area contributed by atoms with Gasteiger partial charge in [-0.15, -0.1) is 0 Å². The Kier molecular flexibility index (Phi) is 3.01. The second kappa shape index (κ2) is 4.97. The lowest BCUT2D eigenvalue weighted by Gasteiger charge is -2.00. The van der Waals surface area contributed by atoms with E-state index in [0.29, 0.717) is 18.1 Å². The van der Waals surface area contributed by atoms with Gasteiger partial charge in [0.05, 0.1) is 24.3 Å². The first kappa shape index (κ1) is 12.1. The van der Waals surface area contributed by atoms with Gasteiger partial charge in [0.15, 0.2) is 0 Å². The Morgan fingerprint density at radius 2 is 2.20 bits per heavy atom. The van der Waals surface area contributed by atoms with E-state index < -0.39 is 0 Å². The molecule has 0 aliphatic rings. The molecular weight excluding hydrogens is 254 g/mol. The largest absolute Gasteiger partial charge is 0.334 e. The topological polar surface area (TPSA) is 80.5 Å². The normalized spacial score (nSPS) is 10.4. The van der Waals surface area contributed by atoms with Crippen LogP contribution in [0.5, 0.6) is 0 Å². The molecule has 0 aliphatic heterocycles. The fraction of sp³-hybridized carbons (Fsp3) is 0.143. The van der Waals surface area contributed by atoms with Crippen LogP contribution in [0.4, 0.5) is 0 Å². The van der Waals surface area contributed by atoms with Crippen LogP contribution in [0.3, 0.4) is 0 Å². The van der Waals surface area contributed by atoms with Gasteiger partial charge in [-0.25, -0.2) is 0 Å². The quantitative estimate of drug-likeness (QED) is 0.725. The van der Waals surface area contributed by atoms with E-state index in [4.69, 9.17) is 9.78 Å². The Labute approximate surface area is 115 Å². The number of hydrogen-bond donors (Lipinski definition) is 0. The van der Waals surface area contributed by atoms with Crippen molar-refractivity contribution in [3.05, 3.63) is 42.2 Å². The van der Waals surface area contributed by atoms with Gasteiger partial charge in [-0.2, -0.15) is 15.3 Å². The predicted octanol–water partition coefficient (Wildman–Crippen LogP) is 2.20. The molecule has 0 saturated carbocycles. The van der Waals surface area contributed by atoms with Crippen LogP contribution < -0.4 is 0 Å². The van der Waals surface area contributed by atoms with Crippen molar-refractivity contribution in [2.45, 2.75) is 6.42 Å². The van der Waals surface area contributed by atoms with E-state index >= 15 is 0 Å². The summed E-state index contributed by atoms with van der Waals surface area (Å²) in [4.78, 5) is 4.37. The molecule has 0 amide bonds. The molecule has 98 valence electrons. The second-order valence-corrected chi connectivity index (χ2v) is 4.32. The van der Waals surface area contributed by atoms with E-state index in [1.165, 1.54) is 0 Å². The van der Waals surface area contributed by atoms with Crippen LogP contribution in [0.15, 0.2) is 41.2 Å². The maximum atomic E-state index is 8.85. The highest BCUT2D eigenvalue weighted by Gasteiger charge is 2.14. The maximum Gasteiger partial charge on any atom is 0.258 e. The van der Waals surface area contributed by atoms with Crippen LogP contribution in [0, 0.1) is 11.3 Å². The third-order valence-corrected chi connectivity index (χ3v) is 2.91. The van der Waals surface area contributed by atoms with Gasteiger partial charge < -0.3 is 4.52 Å². The van der Waals surface area contributed by atoms with E-state index in [9.17, 15) is 0 Å². The molecule has 0 bridgehead atoms. The maximum absolute atomic E-state index is 8.85. The molecule has 0 N–H and O–H groups in total. The zero-order valence-electron chi connectivity index (χ0n) is 10.8. The summed E-state index contributed by atoms with van der Waals surface area (Å²) < 4.78 is 6.97. The van der Waals surface area contributed by atoms with Crippen molar-refractivity contribution in [2.24, 2.45) is 7.05 Å². The standard InChI is InChI=1S/C14H11N5O/c1-19-9-11(8-16-19)13-17-14(20-18-13)12-5-3-2-4-10(12)6-7-15/h2-5,8-9H,6H2,1H3. The van der Waals surface area contributed by atoms with Crippen molar-refractivity contribution in [1.29, 1.82) is 5.26 Å². The van der Waals surface area contributed by atoms with Crippen LogP contribution >= 0.6 is 0 Å². The molecular formula is C14H11N5O. The summed E-state index contributed by atoms with van der Waals surface area (Å²) >= 11 is 0. The molecule has 2 aromatic heterocycles. The lowest BCUT2D eigenvalue weighted by atomic mass is 10.1. The Morgan fingerprint density at radius 1 is 1.35 bits per heavy atom. The highest BCUT2D eigenvalue weighted by molar-refractivity contribution is 5.62. The first-order chi connectivity index (χ1) is 9.78. The third-order valence-electron chi connectivity index (χ3n) is 2.91. The smallest absolute Gasteiger partial charge is 0.258 e. The monoisotopic (exact) mass is 265 g/mol. The summed E-state index contributed by atoms with van der Waals surface area (Å²) in [6.45, 7) is 0. The molecule has 3 aromatic rings. The summed E-state index contributed by atoms with van der Waals surface area (Å²) in [7, 11) is 1.83. The van der Waals surface area contributed by atoms with Crippen LogP contribution in [-0.4, -0.2) is 19.9 Å². The van der Waals surface area contributed by atoms with E-state index in [0.717, 1.165) is 16.7 Å². The molecule has 0 spiro atoms. The van der Waals surface area contributed by atoms with Crippen molar-refractivity contribution >= 4 is 0 Å². The SMILES string of the molecule is Cn1cc(-c2noc(-c3ccccc3CC#N)n2)cn1. The van der Waals surface area contributed by atoms with E-state index in [1.54, 1.807) is 10.9 Å². The molecule has 6 heteroatoms. The summed E-state index contributed by atoms with van der Waals surface area (Å²) in [5.74, 6) is 0.898. The Morgan fingerprint density at radius 3 is 2.95 bits per heavy atom. The number of nitriles is 1. The third kappa shape index (κ3) is 2.17. The number of benzene rings is 1. The molecule has 0 aliphatic carbocycles. The van der Waals surface area contributed by atoms with Gasteiger partial charge in [0, 0.05) is 18.8 Å². The second-order valence-electron chi connectivity index (χ2n) is 4.32. The highest BCUT2D eigenvalue weighted by Crippen LogP contribution is 2.25. The zero-order chi connectivity index (χ0) is 13.9.